The van der Waals surface area contributed by atoms with Crippen molar-refractivity contribution in [1.29, 1.82) is 0 Å². The molecule has 0 rings (SSSR count). The molecule has 0 saturated heterocycles. The molecule has 1 amide bonds. The summed E-state index contributed by atoms with van der Waals surface area (Å²) in [5, 5.41) is 2.60. The molecule has 1 N–H and O–H groups in total. The van der Waals surface area contributed by atoms with E-state index in [0.717, 1.165) is 6.42 Å². The quantitative estimate of drug-likeness (QED) is 0.607. The monoisotopic (exact) mass is 155 g/mol. The number of amides is 1. The van der Waals surface area contributed by atoms with Gasteiger partial charge >= 0.3 is 0 Å². The number of hydrogen-bond donors (Lipinski definition) is 1. The molecule has 2 nitrogen and oxygen atoms in total. The molecule has 10 heavy (non-hydrogen) atoms. The summed E-state index contributed by atoms with van der Waals surface area (Å²) in [6.45, 7) is 2.17. The molecule has 72 valence electrons. The van der Waals surface area contributed by atoms with Gasteiger partial charge in [-0.25, -0.2) is 0 Å². The van der Waals surface area contributed by atoms with Gasteiger partial charge in [-0.1, -0.05) is 26.2 Å². The number of carbonyl (C=O) groups is 1. The molecule has 0 aromatic heterocycles. The fourth-order valence-electron chi connectivity index (χ4n) is 0.837. The molecule has 0 heterocycles. The predicted octanol–water partition coefficient (Wildman–Crippen LogP) is 3.18. The number of unbranched alkanes of at least 4 members (excludes halogenated alkanes) is 3. The fourth-order valence-corrected chi connectivity index (χ4v) is 0.837. The third-order valence-electron chi connectivity index (χ3n) is 1.54. The Balaban J connectivity index is -0.0000000270. The molecule has 0 aliphatic carbocycles. The van der Waals surface area contributed by atoms with Crippen molar-refractivity contribution in [3.05, 3.63) is 0 Å². The molecule has 0 fully saturated rings. The topological polar surface area (TPSA) is 29.1 Å². The van der Waals surface area contributed by atoms with Gasteiger partial charge in [0.1, 0.15) is 0 Å². The Morgan fingerprint density at radius 3 is 2.60 bits per heavy atom. The molecule has 0 aliphatic heterocycles. The van der Waals surface area contributed by atoms with Crippen LogP contribution in [0.25, 0.3) is 0 Å². The predicted molar refractivity (Wildman–Crippen MR) is 55.5 cm³/mol. The number of hydrogen-bond acceptors (Lipinski definition) is 1. The SMILES string of the molecule is CCCCCCC(=O)NC.[HH].[HH].[HH].[HH].[HH].[HH]. The fraction of sp³-hybridized carbons (Fsp3) is 0.875. The summed E-state index contributed by atoms with van der Waals surface area (Å²) in [5.74, 6) is 0.163. The zero-order chi connectivity index (χ0) is 7.82. The summed E-state index contributed by atoms with van der Waals surface area (Å²) in [6, 6.07) is 0. The zero-order valence-electron chi connectivity index (χ0n) is 6.94. The van der Waals surface area contributed by atoms with Crippen molar-refractivity contribution in [1.82, 2.24) is 5.32 Å². The highest BCUT2D eigenvalue weighted by molar-refractivity contribution is 5.75. The molecular weight excluding hydrogens is 126 g/mol. The third kappa shape index (κ3) is 5.60. The van der Waals surface area contributed by atoms with Crippen molar-refractivity contribution >= 4 is 5.91 Å². The van der Waals surface area contributed by atoms with Crippen molar-refractivity contribution in [3.8, 4) is 0 Å². The maximum atomic E-state index is 10.7. The van der Waals surface area contributed by atoms with E-state index in [4.69, 9.17) is 0 Å². The Hall–Kier alpha value is -0.530. The molecule has 0 aromatic rings. The molecule has 0 bridgehead atoms. The van der Waals surface area contributed by atoms with E-state index in [9.17, 15) is 4.79 Å². The van der Waals surface area contributed by atoms with E-state index < -0.39 is 0 Å². The van der Waals surface area contributed by atoms with Crippen molar-refractivity contribution in [2.75, 3.05) is 7.05 Å². The first kappa shape index (κ1) is 9.47. The minimum absolute atomic E-state index is 0. The summed E-state index contributed by atoms with van der Waals surface area (Å²) in [4.78, 5) is 10.7. The van der Waals surface area contributed by atoms with Gasteiger partial charge in [-0.2, -0.15) is 0 Å². The second kappa shape index (κ2) is 6.59. The van der Waals surface area contributed by atoms with Crippen LogP contribution in [-0.2, 0) is 4.79 Å². The van der Waals surface area contributed by atoms with Crippen LogP contribution in [0.3, 0.4) is 0 Å². The van der Waals surface area contributed by atoms with Gasteiger partial charge in [0.05, 0.1) is 0 Å². The lowest BCUT2D eigenvalue weighted by atomic mass is 10.1. The van der Waals surface area contributed by atoms with Crippen molar-refractivity contribution < 1.29 is 13.4 Å². The van der Waals surface area contributed by atoms with Crippen LogP contribution in [-0.4, -0.2) is 13.0 Å². The average Bonchev–Trinajstić information content (AvgIpc) is 1.98. The summed E-state index contributed by atoms with van der Waals surface area (Å²) < 4.78 is 0. The average molecular weight is 155 g/mol. The van der Waals surface area contributed by atoms with Crippen molar-refractivity contribution in [2.24, 2.45) is 0 Å². The summed E-state index contributed by atoms with van der Waals surface area (Å²) in [5.41, 5.74) is 0. The normalized spacial score (nSPS) is 9.40. The number of carbonyl (C=O) groups excluding carboxylic acids is 1. The van der Waals surface area contributed by atoms with E-state index in [1.807, 2.05) is 0 Å². The van der Waals surface area contributed by atoms with Crippen LogP contribution in [0.5, 0.6) is 0 Å². The van der Waals surface area contributed by atoms with E-state index in [0.29, 0.717) is 6.42 Å². The van der Waals surface area contributed by atoms with E-state index in [1.165, 1.54) is 19.3 Å². The van der Waals surface area contributed by atoms with Gasteiger partial charge in [0.2, 0.25) is 5.91 Å². The van der Waals surface area contributed by atoms with Crippen LogP contribution in [0.1, 0.15) is 47.6 Å². The highest BCUT2D eigenvalue weighted by Crippen LogP contribution is 2.01. The Morgan fingerprint density at radius 1 is 1.40 bits per heavy atom. The van der Waals surface area contributed by atoms with Gasteiger partial charge in [0.25, 0.3) is 0 Å². The lowest BCUT2D eigenvalue weighted by Crippen LogP contribution is -2.16. The summed E-state index contributed by atoms with van der Waals surface area (Å²) in [6.07, 6.45) is 5.39. The molecule has 0 aliphatic rings. The lowest BCUT2D eigenvalue weighted by molar-refractivity contribution is -0.120. The minimum atomic E-state index is 0. The molecule has 0 unspecified atom stereocenters. The summed E-state index contributed by atoms with van der Waals surface area (Å²) in [7, 11) is 1.68. The van der Waals surface area contributed by atoms with Gasteiger partial charge < -0.3 is 5.32 Å². The molecule has 0 aromatic carbocycles. The minimum Gasteiger partial charge on any atom is -0.359 e. The van der Waals surface area contributed by atoms with E-state index in [1.54, 1.807) is 7.05 Å². The van der Waals surface area contributed by atoms with Crippen molar-refractivity contribution in [3.63, 3.8) is 0 Å². The highest BCUT2D eigenvalue weighted by atomic mass is 16.1. The van der Waals surface area contributed by atoms with E-state index in [-0.39, 0.29) is 14.5 Å². The zero-order valence-corrected chi connectivity index (χ0v) is 6.94. The van der Waals surface area contributed by atoms with E-state index >= 15 is 0 Å². The molecular formula is C8H29NO. The number of nitrogens with one attached hydrogen (secondary N) is 1. The van der Waals surface area contributed by atoms with Crippen LogP contribution in [0, 0.1) is 0 Å². The van der Waals surface area contributed by atoms with Crippen LogP contribution in [0.2, 0.25) is 0 Å². The summed E-state index contributed by atoms with van der Waals surface area (Å²) >= 11 is 0. The maximum absolute atomic E-state index is 10.7. The standard InChI is InChI=1S/C8H17NO.6H2/c1-3-4-5-6-7-8(10)9-2;;;;;;/h3-7H2,1-2H3,(H,9,10);6*1H. The molecule has 0 saturated carbocycles. The van der Waals surface area contributed by atoms with Gasteiger partial charge in [-0.3, -0.25) is 4.79 Å². The smallest absolute Gasteiger partial charge is 0.219 e. The van der Waals surface area contributed by atoms with E-state index in [2.05, 4.69) is 12.2 Å². The van der Waals surface area contributed by atoms with Crippen LogP contribution in [0.15, 0.2) is 0 Å². The Morgan fingerprint density at radius 2 is 2.10 bits per heavy atom. The van der Waals surface area contributed by atoms with Crippen molar-refractivity contribution in [2.45, 2.75) is 39.0 Å². The lowest BCUT2D eigenvalue weighted by Gasteiger charge is -1.97. The molecule has 0 radical (unpaired) electrons. The Kier molecular flexibility index (Phi) is 6.24. The molecule has 0 atom stereocenters. The van der Waals surface area contributed by atoms with Crippen LogP contribution < -0.4 is 5.32 Å². The second-order valence-corrected chi connectivity index (χ2v) is 2.48. The van der Waals surface area contributed by atoms with Crippen LogP contribution >= 0.6 is 0 Å². The first-order valence-corrected chi connectivity index (χ1v) is 4.01. The number of rotatable bonds is 5. The first-order valence-electron chi connectivity index (χ1n) is 4.01. The van der Waals surface area contributed by atoms with Gasteiger partial charge in [0, 0.05) is 22.0 Å². The molecule has 2 heteroatoms. The van der Waals surface area contributed by atoms with Crippen LogP contribution in [0.4, 0.5) is 0 Å². The van der Waals surface area contributed by atoms with Gasteiger partial charge in [-0.05, 0) is 6.42 Å². The maximum Gasteiger partial charge on any atom is 0.219 e. The molecule has 0 spiro atoms. The first-order chi connectivity index (χ1) is 4.81. The Labute approximate surface area is 71.9 Å². The largest absolute Gasteiger partial charge is 0.359 e. The van der Waals surface area contributed by atoms with Gasteiger partial charge in [-0.15, -0.1) is 0 Å². The second-order valence-electron chi connectivity index (χ2n) is 2.48. The Bertz CT molecular complexity index is 107. The third-order valence-corrected chi connectivity index (χ3v) is 1.54. The highest BCUT2D eigenvalue weighted by Gasteiger charge is 1.95. The van der Waals surface area contributed by atoms with Gasteiger partial charge in [0.15, 0.2) is 0 Å².